The summed E-state index contributed by atoms with van der Waals surface area (Å²) < 4.78 is 5.18. The van der Waals surface area contributed by atoms with E-state index in [2.05, 4.69) is 29.3 Å². The molecule has 0 spiro atoms. The largest absolute Gasteiger partial charge is 0.508 e. The number of hydrogen-bond donors (Lipinski definition) is 2. The SMILES string of the molecule is CC(C)CSCc1noc(CNc2ccc(O)cc2)n1. The fraction of sp³-hybridized carbons (Fsp3) is 0.429. The summed E-state index contributed by atoms with van der Waals surface area (Å²) in [6, 6.07) is 6.85. The quantitative estimate of drug-likeness (QED) is 0.763. The van der Waals surface area contributed by atoms with E-state index >= 15 is 0 Å². The maximum Gasteiger partial charge on any atom is 0.245 e. The van der Waals surface area contributed by atoms with Crippen molar-refractivity contribution in [1.82, 2.24) is 10.1 Å². The van der Waals surface area contributed by atoms with Crippen LogP contribution in [0.25, 0.3) is 0 Å². The molecular formula is C14H19N3O2S. The Morgan fingerprint density at radius 2 is 2.05 bits per heavy atom. The Labute approximate surface area is 122 Å². The Morgan fingerprint density at radius 3 is 2.75 bits per heavy atom. The van der Waals surface area contributed by atoms with Gasteiger partial charge in [0.05, 0.1) is 12.3 Å². The second-order valence-corrected chi connectivity index (χ2v) is 5.94. The van der Waals surface area contributed by atoms with Gasteiger partial charge >= 0.3 is 0 Å². The molecule has 6 heteroatoms. The van der Waals surface area contributed by atoms with E-state index in [4.69, 9.17) is 4.52 Å². The molecule has 1 aromatic heterocycles. The Hall–Kier alpha value is -1.69. The van der Waals surface area contributed by atoms with Gasteiger partial charge in [0, 0.05) is 5.69 Å². The lowest BCUT2D eigenvalue weighted by molar-refractivity contribution is 0.379. The molecule has 0 aliphatic carbocycles. The fourth-order valence-corrected chi connectivity index (χ4v) is 2.45. The average Bonchev–Trinajstić information content (AvgIpc) is 2.86. The molecule has 2 rings (SSSR count). The van der Waals surface area contributed by atoms with Crippen molar-refractivity contribution < 1.29 is 9.63 Å². The number of benzene rings is 1. The molecule has 0 radical (unpaired) electrons. The number of rotatable bonds is 7. The van der Waals surface area contributed by atoms with Gasteiger partial charge in [-0.3, -0.25) is 0 Å². The third kappa shape index (κ3) is 4.77. The van der Waals surface area contributed by atoms with Crippen LogP contribution in [0.4, 0.5) is 5.69 Å². The van der Waals surface area contributed by atoms with Crippen molar-refractivity contribution in [2.45, 2.75) is 26.1 Å². The van der Waals surface area contributed by atoms with Gasteiger partial charge in [-0.1, -0.05) is 19.0 Å². The molecule has 1 heterocycles. The fourth-order valence-electron chi connectivity index (χ4n) is 1.56. The summed E-state index contributed by atoms with van der Waals surface area (Å²) >= 11 is 1.81. The number of phenolic OH excluding ortho intramolecular Hbond substituents is 1. The highest BCUT2D eigenvalue weighted by molar-refractivity contribution is 7.98. The van der Waals surface area contributed by atoms with Gasteiger partial charge in [0.15, 0.2) is 5.82 Å². The number of anilines is 1. The maximum atomic E-state index is 9.20. The normalized spacial score (nSPS) is 10.9. The Kier molecular flexibility index (Phi) is 5.29. The van der Waals surface area contributed by atoms with Gasteiger partial charge in [-0.2, -0.15) is 16.7 Å². The lowest BCUT2D eigenvalue weighted by atomic mass is 10.3. The highest BCUT2D eigenvalue weighted by Gasteiger charge is 2.06. The van der Waals surface area contributed by atoms with Gasteiger partial charge in [-0.25, -0.2) is 0 Å². The number of nitrogens with zero attached hydrogens (tertiary/aromatic N) is 2. The molecule has 20 heavy (non-hydrogen) atoms. The highest BCUT2D eigenvalue weighted by atomic mass is 32.2. The smallest absolute Gasteiger partial charge is 0.245 e. The predicted octanol–water partition coefficient (Wildman–Crippen LogP) is 3.28. The molecule has 0 bridgehead atoms. The second-order valence-electron chi connectivity index (χ2n) is 4.91. The summed E-state index contributed by atoms with van der Waals surface area (Å²) in [4.78, 5) is 4.33. The maximum absolute atomic E-state index is 9.20. The first-order valence-electron chi connectivity index (χ1n) is 6.55. The molecule has 5 nitrogen and oxygen atoms in total. The van der Waals surface area contributed by atoms with Gasteiger partial charge in [-0.15, -0.1) is 0 Å². The third-order valence-electron chi connectivity index (χ3n) is 2.50. The highest BCUT2D eigenvalue weighted by Crippen LogP contribution is 2.15. The van der Waals surface area contributed by atoms with Crippen LogP contribution >= 0.6 is 11.8 Å². The van der Waals surface area contributed by atoms with Crippen LogP contribution in [0, 0.1) is 5.92 Å². The van der Waals surface area contributed by atoms with E-state index in [1.165, 1.54) is 0 Å². The number of phenols is 1. The minimum absolute atomic E-state index is 0.248. The van der Waals surface area contributed by atoms with Crippen LogP contribution in [-0.2, 0) is 12.3 Å². The third-order valence-corrected chi connectivity index (χ3v) is 3.87. The molecule has 0 amide bonds. The van der Waals surface area contributed by atoms with Gasteiger partial charge in [0.2, 0.25) is 5.89 Å². The summed E-state index contributed by atoms with van der Waals surface area (Å²) in [6.07, 6.45) is 0. The second kappa shape index (κ2) is 7.19. The number of aromatic hydroxyl groups is 1. The van der Waals surface area contributed by atoms with Crippen LogP contribution in [0.1, 0.15) is 25.6 Å². The topological polar surface area (TPSA) is 71.2 Å². The molecule has 0 saturated carbocycles. The monoisotopic (exact) mass is 293 g/mol. The average molecular weight is 293 g/mol. The summed E-state index contributed by atoms with van der Waals surface area (Å²) in [7, 11) is 0. The number of thioether (sulfide) groups is 1. The van der Waals surface area contributed by atoms with Gasteiger partial charge in [0.1, 0.15) is 5.75 Å². The molecule has 1 aromatic carbocycles. The lowest BCUT2D eigenvalue weighted by Gasteiger charge is -2.02. The summed E-state index contributed by atoms with van der Waals surface area (Å²) in [5.74, 6) is 4.09. The van der Waals surface area contributed by atoms with E-state index in [-0.39, 0.29) is 5.75 Å². The molecule has 2 aromatic rings. The molecule has 0 aliphatic heterocycles. The summed E-state index contributed by atoms with van der Waals surface area (Å²) in [6.45, 7) is 4.86. The molecule has 0 saturated heterocycles. The van der Waals surface area contributed by atoms with Gasteiger partial charge in [-0.05, 0) is 35.9 Å². The van der Waals surface area contributed by atoms with Crippen molar-refractivity contribution >= 4 is 17.4 Å². The first kappa shape index (κ1) is 14.7. The predicted molar refractivity (Wildman–Crippen MR) is 80.7 cm³/mol. The van der Waals surface area contributed by atoms with E-state index < -0.39 is 0 Å². The van der Waals surface area contributed by atoms with E-state index in [1.807, 2.05) is 11.8 Å². The zero-order valence-electron chi connectivity index (χ0n) is 11.7. The standard InChI is InChI=1S/C14H19N3O2S/c1-10(2)8-20-9-13-16-14(19-17-13)7-15-11-3-5-12(18)6-4-11/h3-6,10,15,18H,7-9H2,1-2H3. The lowest BCUT2D eigenvalue weighted by Crippen LogP contribution is -1.99. The minimum atomic E-state index is 0.248. The summed E-state index contributed by atoms with van der Waals surface area (Å²) in [5.41, 5.74) is 0.900. The molecule has 0 atom stereocenters. The molecular weight excluding hydrogens is 274 g/mol. The van der Waals surface area contributed by atoms with E-state index in [9.17, 15) is 5.11 Å². The Bertz CT molecular complexity index is 525. The molecule has 108 valence electrons. The van der Waals surface area contributed by atoms with Crippen LogP contribution in [0.2, 0.25) is 0 Å². The Balaban J connectivity index is 1.79. The van der Waals surface area contributed by atoms with E-state index in [1.54, 1.807) is 24.3 Å². The van der Waals surface area contributed by atoms with Crippen molar-refractivity contribution in [2.75, 3.05) is 11.1 Å². The van der Waals surface area contributed by atoms with Crippen LogP contribution in [-0.4, -0.2) is 21.0 Å². The van der Waals surface area contributed by atoms with E-state index in [0.717, 1.165) is 23.0 Å². The van der Waals surface area contributed by atoms with Crippen LogP contribution < -0.4 is 5.32 Å². The van der Waals surface area contributed by atoms with Crippen molar-refractivity contribution in [3.63, 3.8) is 0 Å². The Morgan fingerprint density at radius 1 is 1.30 bits per heavy atom. The van der Waals surface area contributed by atoms with Gasteiger partial charge in [0.25, 0.3) is 0 Å². The zero-order valence-corrected chi connectivity index (χ0v) is 12.5. The van der Waals surface area contributed by atoms with Crippen molar-refractivity contribution in [1.29, 1.82) is 0 Å². The van der Waals surface area contributed by atoms with Crippen molar-refractivity contribution in [3.05, 3.63) is 36.0 Å². The van der Waals surface area contributed by atoms with Crippen molar-refractivity contribution in [2.24, 2.45) is 5.92 Å². The molecule has 0 fully saturated rings. The molecule has 2 N–H and O–H groups in total. The first-order valence-corrected chi connectivity index (χ1v) is 7.71. The zero-order chi connectivity index (χ0) is 14.4. The van der Waals surface area contributed by atoms with Crippen molar-refractivity contribution in [3.8, 4) is 5.75 Å². The minimum Gasteiger partial charge on any atom is -0.508 e. The number of aromatic nitrogens is 2. The van der Waals surface area contributed by atoms with Crippen LogP contribution in [0.15, 0.2) is 28.8 Å². The van der Waals surface area contributed by atoms with Crippen LogP contribution in [0.5, 0.6) is 5.75 Å². The molecule has 0 aliphatic rings. The van der Waals surface area contributed by atoms with E-state index in [0.29, 0.717) is 18.4 Å². The summed E-state index contributed by atoms with van der Waals surface area (Å²) in [5, 5.41) is 16.3. The van der Waals surface area contributed by atoms with Crippen LogP contribution in [0.3, 0.4) is 0 Å². The first-order chi connectivity index (χ1) is 9.63. The number of nitrogens with one attached hydrogen (secondary N) is 1. The molecule has 0 unspecified atom stereocenters. The number of hydrogen-bond acceptors (Lipinski definition) is 6. The van der Waals surface area contributed by atoms with Gasteiger partial charge < -0.3 is 14.9 Å².